The summed E-state index contributed by atoms with van der Waals surface area (Å²) in [7, 11) is 0. The van der Waals surface area contributed by atoms with Crippen LogP contribution in [0.15, 0.2) is 27.8 Å². The number of hydrogen-bond acceptors (Lipinski definition) is 4. The summed E-state index contributed by atoms with van der Waals surface area (Å²) >= 11 is 1.76. The van der Waals surface area contributed by atoms with Crippen LogP contribution in [0.1, 0.15) is 29.2 Å². The molecule has 1 fully saturated rings. The van der Waals surface area contributed by atoms with Crippen LogP contribution < -0.4 is 11.1 Å². The van der Waals surface area contributed by atoms with Gasteiger partial charge in [0, 0.05) is 11.8 Å². The molecule has 110 valence electrons. The van der Waals surface area contributed by atoms with E-state index in [9.17, 15) is 14.4 Å². The van der Waals surface area contributed by atoms with Gasteiger partial charge in [0.2, 0.25) is 0 Å². The number of aromatic nitrogens is 2. The smallest absolute Gasteiger partial charge is 0.335 e. The number of benzene rings is 1. The van der Waals surface area contributed by atoms with E-state index >= 15 is 0 Å². The van der Waals surface area contributed by atoms with Gasteiger partial charge in [-0.1, -0.05) is 0 Å². The number of carboxylic acids is 1. The van der Waals surface area contributed by atoms with Gasteiger partial charge >= 0.3 is 17.1 Å². The summed E-state index contributed by atoms with van der Waals surface area (Å²) in [6.07, 6.45) is 1.86. The first-order valence-corrected chi connectivity index (χ1v) is 7.83. The molecule has 1 unspecified atom stereocenters. The fraction of sp³-hybridized carbons (Fsp3) is 0.357. The van der Waals surface area contributed by atoms with Gasteiger partial charge in [-0.15, -0.1) is 0 Å². The lowest BCUT2D eigenvalue weighted by Crippen LogP contribution is -2.39. The standard InChI is InChI=1S/C14H14N2O4S/c17-12-13(18)16(9-2-1-5-21-7-9)11-4-3-8(14(19)20)6-10(11)15-12/h3-4,6,9H,1-2,5,7H2,(H,15,17)(H,19,20). The highest BCUT2D eigenvalue weighted by molar-refractivity contribution is 7.99. The predicted molar refractivity (Wildman–Crippen MR) is 81.4 cm³/mol. The number of H-pyrrole nitrogens is 1. The average molecular weight is 306 g/mol. The van der Waals surface area contributed by atoms with Crippen molar-refractivity contribution in [3.05, 3.63) is 44.5 Å². The maximum atomic E-state index is 12.2. The molecule has 2 heterocycles. The molecule has 0 aliphatic carbocycles. The zero-order valence-electron chi connectivity index (χ0n) is 11.2. The number of nitrogens with zero attached hydrogens (tertiary/aromatic N) is 1. The third-order valence-corrected chi connectivity index (χ3v) is 4.86. The Bertz CT molecular complexity index is 818. The highest BCUT2D eigenvalue weighted by atomic mass is 32.2. The van der Waals surface area contributed by atoms with E-state index < -0.39 is 17.1 Å². The van der Waals surface area contributed by atoms with Crippen molar-refractivity contribution in [2.75, 3.05) is 11.5 Å². The van der Waals surface area contributed by atoms with Crippen molar-refractivity contribution in [2.24, 2.45) is 0 Å². The lowest BCUT2D eigenvalue weighted by Gasteiger charge is -2.24. The number of fused-ring (bicyclic) bond motifs is 1. The number of aromatic carboxylic acids is 1. The van der Waals surface area contributed by atoms with Crippen molar-refractivity contribution in [2.45, 2.75) is 18.9 Å². The third-order valence-electron chi connectivity index (χ3n) is 3.67. The van der Waals surface area contributed by atoms with E-state index in [0.717, 1.165) is 24.3 Å². The van der Waals surface area contributed by atoms with E-state index in [2.05, 4.69) is 4.98 Å². The molecule has 0 spiro atoms. The Labute approximate surface area is 123 Å². The van der Waals surface area contributed by atoms with Crippen LogP contribution >= 0.6 is 11.8 Å². The molecule has 1 aliphatic rings. The number of thioether (sulfide) groups is 1. The number of carboxylic acid groups (broad SMARTS) is 1. The van der Waals surface area contributed by atoms with Crippen LogP contribution in [-0.2, 0) is 0 Å². The minimum absolute atomic E-state index is 0.0169. The van der Waals surface area contributed by atoms with Crippen molar-refractivity contribution in [3.8, 4) is 0 Å². The SMILES string of the molecule is O=C(O)c1ccc2c(c1)[nH]c(=O)c(=O)n2C1CCCSC1. The maximum absolute atomic E-state index is 12.2. The normalized spacial score (nSPS) is 18.8. The van der Waals surface area contributed by atoms with E-state index in [1.54, 1.807) is 17.8 Å². The van der Waals surface area contributed by atoms with Gasteiger partial charge in [0.05, 0.1) is 16.6 Å². The first kappa shape index (κ1) is 13.9. The summed E-state index contributed by atoms with van der Waals surface area (Å²) in [6.45, 7) is 0. The summed E-state index contributed by atoms with van der Waals surface area (Å²) in [5.41, 5.74) is -0.229. The summed E-state index contributed by atoms with van der Waals surface area (Å²) in [4.78, 5) is 37.5. The second-order valence-electron chi connectivity index (χ2n) is 5.04. The molecule has 1 aliphatic heterocycles. The third kappa shape index (κ3) is 2.49. The predicted octanol–water partition coefficient (Wildman–Crippen LogP) is 1.46. The molecule has 6 nitrogen and oxygen atoms in total. The monoisotopic (exact) mass is 306 g/mol. The summed E-state index contributed by atoms with van der Waals surface area (Å²) in [5.74, 6) is 0.790. The molecule has 2 aromatic rings. The highest BCUT2D eigenvalue weighted by Crippen LogP contribution is 2.27. The van der Waals surface area contributed by atoms with E-state index in [4.69, 9.17) is 5.11 Å². The molecular formula is C14H14N2O4S. The van der Waals surface area contributed by atoms with Crippen molar-refractivity contribution in [1.82, 2.24) is 9.55 Å². The topological polar surface area (TPSA) is 92.2 Å². The molecule has 1 atom stereocenters. The van der Waals surface area contributed by atoms with Crippen molar-refractivity contribution in [3.63, 3.8) is 0 Å². The maximum Gasteiger partial charge on any atom is 0.335 e. The molecular weight excluding hydrogens is 292 g/mol. The van der Waals surface area contributed by atoms with Gasteiger partial charge in [0.25, 0.3) is 0 Å². The number of carbonyl (C=O) groups is 1. The summed E-state index contributed by atoms with van der Waals surface area (Å²) in [6, 6.07) is 4.42. The Morgan fingerprint density at radius 3 is 2.86 bits per heavy atom. The fourth-order valence-corrected chi connectivity index (χ4v) is 3.79. The van der Waals surface area contributed by atoms with E-state index in [1.807, 2.05) is 0 Å². The number of rotatable bonds is 2. The molecule has 2 N–H and O–H groups in total. The summed E-state index contributed by atoms with van der Waals surface area (Å²) in [5, 5.41) is 9.02. The number of nitrogens with one attached hydrogen (secondary N) is 1. The summed E-state index contributed by atoms with van der Waals surface area (Å²) < 4.78 is 1.52. The minimum atomic E-state index is -1.07. The largest absolute Gasteiger partial charge is 0.478 e. The first-order chi connectivity index (χ1) is 10.1. The van der Waals surface area contributed by atoms with Gasteiger partial charge in [-0.3, -0.25) is 14.2 Å². The van der Waals surface area contributed by atoms with Crippen LogP contribution in [0, 0.1) is 0 Å². The molecule has 1 aromatic carbocycles. The molecule has 0 saturated carbocycles. The fourth-order valence-electron chi connectivity index (χ4n) is 2.66. The lowest BCUT2D eigenvalue weighted by atomic mass is 10.1. The van der Waals surface area contributed by atoms with Crippen LogP contribution in [-0.4, -0.2) is 32.1 Å². The average Bonchev–Trinajstić information content (AvgIpc) is 2.49. The van der Waals surface area contributed by atoms with Crippen molar-refractivity contribution >= 4 is 28.8 Å². The Balaban J connectivity index is 2.26. The van der Waals surface area contributed by atoms with Gasteiger partial charge in [-0.2, -0.15) is 11.8 Å². The number of hydrogen-bond donors (Lipinski definition) is 2. The van der Waals surface area contributed by atoms with Crippen molar-refractivity contribution < 1.29 is 9.90 Å². The molecule has 7 heteroatoms. The zero-order valence-corrected chi connectivity index (χ0v) is 12.0. The van der Waals surface area contributed by atoms with Gasteiger partial charge in [0.1, 0.15) is 0 Å². The minimum Gasteiger partial charge on any atom is -0.478 e. The van der Waals surface area contributed by atoms with E-state index in [1.165, 1.54) is 16.7 Å². The van der Waals surface area contributed by atoms with Gasteiger partial charge in [-0.25, -0.2) is 4.79 Å². The van der Waals surface area contributed by atoms with Gasteiger partial charge in [0.15, 0.2) is 0 Å². The van der Waals surface area contributed by atoms with Gasteiger partial charge < -0.3 is 10.1 Å². The number of aromatic amines is 1. The van der Waals surface area contributed by atoms with Crippen LogP contribution in [0.4, 0.5) is 0 Å². The van der Waals surface area contributed by atoms with Gasteiger partial charge in [-0.05, 0) is 36.8 Å². The Morgan fingerprint density at radius 2 is 2.19 bits per heavy atom. The van der Waals surface area contributed by atoms with Crippen LogP contribution in [0.5, 0.6) is 0 Å². The molecule has 0 radical (unpaired) electrons. The first-order valence-electron chi connectivity index (χ1n) is 6.67. The second kappa shape index (κ2) is 5.40. The molecule has 0 amide bonds. The molecule has 1 saturated heterocycles. The molecule has 3 rings (SSSR count). The van der Waals surface area contributed by atoms with E-state index in [0.29, 0.717) is 11.0 Å². The zero-order chi connectivity index (χ0) is 15.0. The van der Waals surface area contributed by atoms with E-state index in [-0.39, 0.29) is 11.6 Å². The molecule has 21 heavy (non-hydrogen) atoms. The Morgan fingerprint density at radius 1 is 1.38 bits per heavy atom. The Hall–Kier alpha value is -2.02. The molecule has 1 aromatic heterocycles. The van der Waals surface area contributed by atoms with Crippen LogP contribution in [0.25, 0.3) is 11.0 Å². The second-order valence-corrected chi connectivity index (χ2v) is 6.19. The van der Waals surface area contributed by atoms with Crippen LogP contribution in [0.2, 0.25) is 0 Å². The Kier molecular flexibility index (Phi) is 3.59. The lowest BCUT2D eigenvalue weighted by molar-refractivity contribution is 0.0697. The molecule has 0 bridgehead atoms. The quantitative estimate of drug-likeness (QED) is 0.819. The van der Waals surface area contributed by atoms with Crippen molar-refractivity contribution in [1.29, 1.82) is 0 Å². The van der Waals surface area contributed by atoms with Crippen LogP contribution in [0.3, 0.4) is 0 Å². The highest BCUT2D eigenvalue weighted by Gasteiger charge is 2.20.